The molecule has 0 aromatic heterocycles. The van der Waals surface area contributed by atoms with Crippen molar-refractivity contribution in [1.29, 1.82) is 0 Å². The SMILES string of the molecule is CCNC(=O)[C@@H](Cc1ccccc1)N(Cc1ccc(Cl)cc1)C(=O)CCCN(c1cc(Cl)ccc1Cl)S(C)(=O)=O. The number of benzene rings is 3. The zero-order valence-electron chi connectivity index (χ0n) is 22.3. The Bertz CT molecular complexity index is 1400. The fourth-order valence-corrected chi connectivity index (χ4v) is 5.82. The van der Waals surface area contributed by atoms with Gasteiger partial charge < -0.3 is 10.2 Å². The molecule has 7 nitrogen and oxygen atoms in total. The van der Waals surface area contributed by atoms with E-state index in [1.807, 2.05) is 49.4 Å². The lowest BCUT2D eigenvalue weighted by atomic mass is 10.0. The van der Waals surface area contributed by atoms with Crippen LogP contribution in [0.25, 0.3) is 0 Å². The fraction of sp³-hybridized carbons (Fsp3) is 0.310. The summed E-state index contributed by atoms with van der Waals surface area (Å²) in [6.45, 7) is 2.42. The summed E-state index contributed by atoms with van der Waals surface area (Å²) in [6, 6.07) is 20.4. The summed E-state index contributed by atoms with van der Waals surface area (Å²) in [7, 11) is -3.72. The number of halogens is 3. The van der Waals surface area contributed by atoms with E-state index in [9.17, 15) is 18.0 Å². The number of sulfonamides is 1. The van der Waals surface area contributed by atoms with Gasteiger partial charge in [-0.25, -0.2) is 8.42 Å². The van der Waals surface area contributed by atoms with Crippen molar-refractivity contribution in [2.75, 3.05) is 23.7 Å². The van der Waals surface area contributed by atoms with Gasteiger partial charge in [0.2, 0.25) is 21.8 Å². The molecule has 11 heteroatoms. The predicted molar refractivity (Wildman–Crippen MR) is 163 cm³/mol. The number of nitrogens with one attached hydrogen (secondary N) is 1. The van der Waals surface area contributed by atoms with E-state index < -0.39 is 16.1 Å². The molecule has 1 atom stereocenters. The Hall–Kier alpha value is -2.78. The van der Waals surface area contributed by atoms with Crippen LogP contribution in [-0.2, 0) is 32.6 Å². The molecule has 0 bridgehead atoms. The van der Waals surface area contributed by atoms with Gasteiger partial charge in [0.05, 0.1) is 17.0 Å². The molecule has 0 saturated heterocycles. The van der Waals surface area contributed by atoms with Crippen LogP contribution in [0.1, 0.15) is 30.9 Å². The van der Waals surface area contributed by atoms with E-state index in [4.69, 9.17) is 34.8 Å². The molecule has 0 unspecified atom stereocenters. The molecule has 3 aromatic carbocycles. The summed E-state index contributed by atoms with van der Waals surface area (Å²) in [6.07, 6.45) is 1.59. The Morgan fingerprint density at radius 1 is 0.900 bits per heavy atom. The zero-order valence-corrected chi connectivity index (χ0v) is 25.4. The molecular weight excluding hydrogens is 593 g/mol. The van der Waals surface area contributed by atoms with Crippen molar-refractivity contribution in [3.63, 3.8) is 0 Å². The van der Waals surface area contributed by atoms with Crippen LogP contribution >= 0.6 is 34.8 Å². The first-order chi connectivity index (χ1) is 19.0. The highest BCUT2D eigenvalue weighted by Gasteiger charge is 2.30. The normalized spacial score (nSPS) is 12.0. The van der Waals surface area contributed by atoms with Crippen LogP contribution in [0.5, 0.6) is 0 Å². The number of amides is 2. The minimum atomic E-state index is -3.72. The molecule has 3 aromatic rings. The van der Waals surface area contributed by atoms with Crippen molar-refractivity contribution >= 4 is 62.3 Å². The molecule has 40 heavy (non-hydrogen) atoms. The van der Waals surface area contributed by atoms with Gasteiger partial charge in [-0.3, -0.25) is 13.9 Å². The van der Waals surface area contributed by atoms with Crippen molar-refractivity contribution in [1.82, 2.24) is 10.2 Å². The number of anilines is 1. The molecule has 0 aliphatic rings. The van der Waals surface area contributed by atoms with Crippen molar-refractivity contribution in [3.05, 3.63) is 99.0 Å². The highest BCUT2D eigenvalue weighted by atomic mass is 35.5. The molecule has 0 aliphatic heterocycles. The van der Waals surface area contributed by atoms with E-state index in [-0.39, 0.29) is 48.5 Å². The molecular formula is C29H32Cl3N3O4S. The van der Waals surface area contributed by atoms with E-state index in [1.54, 1.807) is 23.1 Å². The molecule has 0 saturated carbocycles. The lowest BCUT2D eigenvalue weighted by molar-refractivity contribution is -0.141. The number of nitrogens with zero attached hydrogens (tertiary/aromatic N) is 2. The van der Waals surface area contributed by atoms with E-state index in [0.29, 0.717) is 23.0 Å². The minimum absolute atomic E-state index is 0.00247. The van der Waals surface area contributed by atoms with Gasteiger partial charge in [-0.2, -0.15) is 0 Å². The van der Waals surface area contributed by atoms with Crippen LogP contribution in [0.15, 0.2) is 72.8 Å². The monoisotopic (exact) mass is 623 g/mol. The van der Waals surface area contributed by atoms with Crippen LogP contribution in [0.4, 0.5) is 5.69 Å². The van der Waals surface area contributed by atoms with Crippen LogP contribution in [-0.4, -0.2) is 50.5 Å². The van der Waals surface area contributed by atoms with Gasteiger partial charge in [-0.15, -0.1) is 0 Å². The van der Waals surface area contributed by atoms with Crippen molar-refractivity contribution in [2.45, 2.75) is 38.8 Å². The van der Waals surface area contributed by atoms with Crippen molar-refractivity contribution in [3.8, 4) is 0 Å². The summed E-state index contributed by atoms with van der Waals surface area (Å²) in [5.74, 6) is -0.551. The maximum atomic E-state index is 13.7. The number of hydrogen-bond donors (Lipinski definition) is 1. The third kappa shape index (κ3) is 9.13. The summed E-state index contributed by atoms with van der Waals surface area (Å²) >= 11 is 18.4. The van der Waals surface area contributed by atoms with Crippen molar-refractivity contribution in [2.24, 2.45) is 0 Å². The highest BCUT2D eigenvalue weighted by molar-refractivity contribution is 7.92. The fourth-order valence-electron chi connectivity index (χ4n) is 4.29. The van der Waals surface area contributed by atoms with Crippen LogP contribution in [0, 0.1) is 0 Å². The maximum absolute atomic E-state index is 13.7. The second-order valence-corrected chi connectivity index (χ2v) is 12.5. The summed E-state index contributed by atoms with van der Waals surface area (Å²) in [5.41, 5.74) is 1.96. The van der Waals surface area contributed by atoms with E-state index in [2.05, 4.69) is 5.32 Å². The number of likely N-dealkylation sites (N-methyl/N-ethyl adjacent to an activating group) is 1. The van der Waals surface area contributed by atoms with Gasteiger partial charge in [0, 0.05) is 42.5 Å². The van der Waals surface area contributed by atoms with Gasteiger partial charge in [0.1, 0.15) is 6.04 Å². The lowest BCUT2D eigenvalue weighted by Crippen LogP contribution is -2.50. The molecule has 3 rings (SSSR count). The Balaban J connectivity index is 1.87. The Morgan fingerprint density at radius 2 is 1.55 bits per heavy atom. The lowest BCUT2D eigenvalue weighted by Gasteiger charge is -2.32. The van der Waals surface area contributed by atoms with Gasteiger partial charge in [-0.05, 0) is 54.8 Å². The third-order valence-corrected chi connectivity index (χ3v) is 8.20. The standard InChI is InChI=1S/C29H32Cl3N3O4S/c1-3-33-29(37)27(18-21-8-5-4-6-9-21)34(20-22-11-13-23(30)14-12-22)28(36)10-7-17-35(40(2,38)39)26-19-24(31)15-16-25(26)32/h4-6,8-9,11-16,19,27H,3,7,10,17-18,20H2,1-2H3,(H,33,37)/t27-/m1/s1. The number of hydrogen-bond acceptors (Lipinski definition) is 4. The maximum Gasteiger partial charge on any atom is 0.243 e. The first-order valence-corrected chi connectivity index (χ1v) is 15.8. The average Bonchev–Trinajstić information content (AvgIpc) is 2.91. The number of rotatable bonds is 13. The number of carbonyl (C=O) groups is 2. The summed E-state index contributed by atoms with van der Waals surface area (Å²) < 4.78 is 26.4. The second-order valence-electron chi connectivity index (χ2n) is 9.28. The largest absolute Gasteiger partial charge is 0.355 e. The summed E-state index contributed by atoms with van der Waals surface area (Å²) in [5, 5.41) is 3.98. The molecule has 0 fully saturated rings. The minimum Gasteiger partial charge on any atom is -0.355 e. The van der Waals surface area contributed by atoms with Gasteiger partial charge >= 0.3 is 0 Å². The molecule has 0 heterocycles. The quantitative estimate of drug-likeness (QED) is 0.254. The zero-order chi connectivity index (χ0) is 29.3. The topological polar surface area (TPSA) is 86.8 Å². The van der Waals surface area contributed by atoms with Gasteiger partial charge in [0.25, 0.3) is 0 Å². The Morgan fingerprint density at radius 3 is 2.17 bits per heavy atom. The van der Waals surface area contributed by atoms with E-state index in [0.717, 1.165) is 21.7 Å². The third-order valence-electron chi connectivity index (χ3n) is 6.22. The van der Waals surface area contributed by atoms with E-state index >= 15 is 0 Å². The van der Waals surface area contributed by atoms with E-state index in [1.165, 1.54) is 12.1 Å². The Labute approximate surface area is 251 Å². The molecule has 2 amide bonds. The predicted octanol–water partition coefficient (Wildman–Crippen LogP) is 5.97. The molecule has 1 N–H and O–H groups in total. The molecule has 0 spiro atoms. The average molecular weight is 625 g/mol. The van der Waals surface area contributed by atoms with Gasteiger partial charge in [0.15, 0.2) is 0 Å². The van der Waals surface area contributed by atoms with Crippen LogP contribution in [0.3, 0.4) is 0 Å². The molecule has 214 valence electrons. The molecule has 0 radical (unpaired) electrons. The van der Waals surface area contributed by atoms with Crippen LogP contribution in [0.2, 0.25) is 15.1 Å². The summed E-state index contributed by atoms with van der Waals surface area (Å²) in [4.78, 5) is 28.6. The van der Waals surface area contributed by atoms with Gasteiger partial charge in [-0.1, -0.05) is 77.3 Å². The Kier molecular flexibility index (Phi) is 11.7. The molecule has 0 aliphatic carbocycles. The first kappa shape index (κ1) is 31.7. The first-order valence-electron chi connectivity index (χ1n) is 12.8. The highest BCUT2D eigenvalue weighted by Crippen LogP contribution is 2.31. The van der Waals surface area contributed by atoms with Crippen LogP contribution < -0.4 is 9.62 Å². The second kappa shape index (κ2) is 14.7. The number of carbonyl (C=O) groups excluding carboxylic acids is 2. The van der Waals surface area contributed by atoms with Crippen molar-refractivity contribution < 1.29 is 18.0 Å². The smallest absolute Gasteiger partial charge is 0.243 e.